The smallest absolute Gasteiger partial charge is 0.144 e. The van der Waals surface area contributed by atoms with Crippen LogP contribution in [0.2, 0.25) is 0 Å². The van der Waals surface area contributed by atoms with Crippen LogP contribution >= 0.6 is 11.3 Å². The van der Waals surface area contributed by atoms with Crippen molar-refractivity contribution >= 4 is 37.5 Å². The first-order valence-electron chi connectivity index (χ1n) is 7.62. The van der Waals surface area contributed by atoms with Crippen molar-refractivity contribution in [2.24, 2.45) is 0 Å². The van der Waals surface area contributed by atoms with Gasteiger partial charge >= 0.3 is 0 Å². The standard InChI is InChI=1S/C16H16N4S/c1-8-12-11-6-7-17-15(19-10-4-5-10)13(11)21-16(12)20-14(18-8)9-2-3-9/h6-7,9-10H,2-5H2,1H3,(H,17,19). The maximum atomic E-state index is 4.82. The second-order valence-electron chi connectivity index (χ2n) is 6.18. The molecule has 0 bridgehead atoms. The number of nitrogens with zero attached hydrogens (tertiary/aromatic N) is 3. The van der Waals surface area contributed by atoms with Crippen molar-refractivity contribution < 1.29 is 0 Å². The minimum Gasteiger partial charge on any atom is -0.366 e. The summed E-state index contributed by atoms with van der Waals surface area (Å²) < 4.78 is 1.23. The van der Waals surface area contributed by atoms with E-state index in [4.69, 9.17) is 9.97 Å². The van der Waals surface area contributed by atoms with E-state index in [1.165, 1.54) is 41.2 Å². The molecule has 2 aliphatic rings. The lowest BCUT2D eigenvalue weighted by Gasteiger charge is -2.04. The highest BCUT2D eigenvalue weighted by Gasteiger charge is 2.28. The SMILES string of the molecule is Cc1nc(C2CC2)nc2sc3c(NC4CC4)nccc3c12. The van der Waals surface area contributed by atoms with Gasteiger partial charge < -0.3 is 5.32 Å². The number of thiophene rings is 1. The molecule has 4 nitrogen and oxygen atoms in total. The zero-order valence-electron chi connectivity index (χ0n) is 11.9. The van der Waals surface area contributed by atoms with Gasteiger partial charge in [0.15, 0.2) is 0 Å². The fourth-order valence-electron chi connectivity index (χ4n) is 2.84. The Balaban J connectivity index is 1.76. The summed E-state index contributed by atoms with van der Waals surface area (Å²) in [6.07, 6.45) is 6.90. The predicted octanol–water partition coefficient (Wildman–Crippen LogP) is 4.00. The number of pyridine rings is 1. The Morgan fingerprint density at radius 2 is 2.05 bits per heavy atom. The number of hydrogen-bond acceptors (Lipinski definition) is 5. The van der Waals surface area contributed by atoms with E-state index in [-0.39, 0.29) is 0 Å². The van der Waals surface area contributed by atoms with E-state index in [0.29, 0.717) is 12.0 Å². The van der Waals surface area contributed by atoms with E-state index in [9.17, 15) is 0 Å². The highest BCUT2D eigenvalue weighted by atomic mass is 32.1. The van der Waals surface area contributed by atoms with Crippen LogP contribution in [0, 0.1) is 6.92 Å². The third-order valence-corrected chi connectivity index (χ3v) is 5.41. The lowest BCUT2D eigenvalue weighted by Crippen LogP contribution is -2.02. The van der Waals surface area contributed by atoms with Crippen LogP contribution in [0.3, 0.4) is 0 Å². The first kappa shape index (κ1) is 11.9. The monoisotopic (exact) mass is 296 g/mol. The molecule has 2 aliphatic carbocycles. The second-order valence-corrected chi connectivity index (χ2v) is 7.18. The Hall–Kier alpha value is -1.75. The molecule has 1 N–H and O–H groups in total. The van der Waals surface area contributed by atoms with Gasteiger partial charge in [-0.25, -0.2) is 15.0 Å². The van der Waals surface area contributed by atoms with Crippen molar-refractivity contribution in [1.29, 1.82) is 0 Å². The molecule has 106 valence electrons. The van der Waals surface area contributed by atoms with Crippen molar-refractivity contribution in [2.45, 2.75) is 44.6 Å². The van der Waals surface area contributed by atoms with E-state index in [0.717, 1.165) is 22.2 Å². The molecule has 3 aromatic heterocycles. The van der Waals surface area contributed by atoms with Crippen LogP contribution in [0.1, 0.15) is 43.1 Å². The van der Waals surface area contributed by atoms with Gasteiger partial charge in [0.25, 0.3) is 0 Å². The van der Waals surface area contributed by atoms with Crippen molar-refractivity contribution in [3.63, 3.8) is 0 Å². The molecule has 5 heteroatoms. The van der Waals surface area contributed by atoms with E-state index in [1.54, 1.807) is 11.3 Å². The van der Waals surface area contributed by atoms with Crippen LogP contribution in [-0.4, -0.2) is 21.0 Å². The molecule has 2 fully saturated rings. The predicted molar refractivity (Wildman–Crippen MR) is 86.1 cm³/mol. The van der Waals surface area contributed by atoms with E-state index in [2.05, 4.69) is 23.3 Å². The highest BCUT2D eigenvalue weighted by Crippen LogP contribution is 2.42. The van der Waals surface area contributed by atoms with Gasteiger partial charge in [0.2, 0.25) is 0 Å². The molecule has 0 amide bonds. The Morgan fingerprint density at radius 1 is 1.19 bits per heavy atom. The van der Waals surface area contributed by atoms with Crippen LogP contribution < -0.4 is 5.32 Å². The molecular formula is C16H16N4S. The number of aromatic nitrogens is 3. The van der Waals surface area contributed by atoms with Crippen LogP contribution in [0.15, 0.2) is 12.3 Å². The number of hydrogen-bond donors (Lipinski definition) is 1. The number of anilines is 1. The normalized spacial score (nSPS) is 18.5. The minimum atomic E-state index is 0.598. The number of aryl methyl sites for hydroxylation is 1. The molecule has 0 radical (unpaired) electrons. The number of nitrogens with one attached hydrogen (secondary N) is 1. The Kier molecular flexibility index (Phi) is 2.33. The van der Waals surface area contributed by atoms with Crippen LogP contribution in [0.5, 0.6) is 0 Å². The van der Waals surface area contributed by atoms with E-state index in [1.807, 2.05) is 6.20 Å². The first-order valence-corrected chi connectivity index (χ1v) is 8.43. The Labute approximate surface area is 126 Å². The van der Waals surface area contributed by atoms with Gasteiger partial charge in [0.1, 0.15) is 16.5 Å². The molecule has 0 saturated heterocycles. The molecule has 3 heterocycles. The maximum absolute atomic E-state index is 4.82. The van der Waals surface area contributed by atoms with Gasteiger partial charge in [-0.05, 0) is 38.7 Å². The first-order chi connectivity index (χ1) is 10.3. The molecule has 0 unspecified atom stereocenters. The second kappa shape index (κ2) is 4.13. The molecule has 21 heavy (non-hydrogen) atoms. The van der Waals surface area contributed by atoms with Gasteiger partial charge in [0.05, 0.1) is 10.4 Å². The average Bonchev–Trinajstić information content (AvgIpc) is 3.36. The van der Waals surface area contributed by atoms with E-state index < -0.39 is 0 Å². The zero-order valence-corrected chi connectivity index (χ0v) is 12.7. The largest absolute Gasteiger partial charge is 0.366 e. The van der Waals surface area contributed by atoms with Gasteiger partial charge in [-0.2, -0.15) is 0 Å². The van der Waals surface area contributed by atoms with Gasteiger partial charge in [0, 0.05) is 28.9 Å². The summed E-state index contributed by atoms with van der Waals surface area (Å²) in [5, 5.41) is 5.99. The summed E-state index contributed by atoms with van der Waals surface area (Å²) in [5.74, 6) is 2.65. The molecule has 0 aliphatic heterocycles. The van der Waals surface area contributed by atoms with E-state index >= 15 is 0 Å². The lowest BCUT2D eigenvalue weighted by atomic mass is 10.2. The third-order valence-electron chi connectivity index (χ3n) is 4.31. The van der Waals surface area contributed by atoms with Gasteiger partial charge in [-0.15, -0.1) is 11.3 Å². The van der Waals surface area contributed by atoms with Crippen LogP contribution in [-0.2, 0) is 0 Å². The Morgan fingerprint density at radius 3 is 2.81 bits per heavy atom. The maximum Gasteiger partial charge on any atom is 0.144 e. The quantitative estimate of drug-likeness (QED) is 0.793. The summed E-state index contributed by atoms with van der Waals surface area (Å²) in [7, 11) is 0. The zero-order chi connectivity index (χ0) is 14.0. The molecule has 0 aromatic carbocycles. The van der Waals surface area contributed by atoms with Gasteiger partial charge in [-0.1, -0.05) is 0 Å². The molecule has 0 atom stereocenters. The summed E-state index contributed by atoms with van der Waals surface area (Å²) in [5.41, 5.74) is 1.11. The molecule has 3 aromatic rings. The average molecular weight is 296 g/mol. The van der Waals surface area contributed by atoms with Crippen molar-refractivity contribution in [3.05, 3.63) is 23.8 Å². The Bertz CT molecular complexity index is 861. The number of fused-ring (bicyclic) bond motifs is 3. The van der Waals surface area contributed by atoms with Crippen LogP contribution in [0.4, 0.5) is 5.82 Å². The lowest BCUT2D eigenvalue weighted by molar-refractivity contribution is 0.933. The summed E-state index contributed by atoms with van der Waals surface area (Å²) in [4.78, 5) is 15.2. The molecule has 2 saturated carbocycles. The fraction of sp³-hybridized carbons (Fsp3) is 0.438. The summed E-state index contributed by atoms with van der Waals surface area (Å²) in [6, 6.07) is 2.71. The van der Waals surface area contributed by atoms with Crippen molar-refractivity contribution in [2.75, 3.05) is 5.32 Å². The molecular weight excluding hydrogens is 280 g/mol. The summed E-state index contributed by atoms with van der Waals surface area (Å²) in [6.45, 7) is 2.11. The van der Waals surface area contributed by atoms with Crippen LogP contribution in [0.25, 0.3) is 20.3 Å². The topological polar surface area (TPSA) is 50.7 Å². The fourth-order valence-corrected chi connectivity index (χ4v) is 4.02. The highest BCUT2D eigenvalue weighted by molar-refractivity contribution is 7.26. The van der Waals surface area contributed by atoms with Crippen molar-refractivity contribution in [3.8, 4) is 0 Å². The molecule has 5 rings (SSSR count). The van der Waals surface area contributed by atoms with Crippen molar-refractivity contribution in [1.82, 2.24) is 15.0 Å². The van der Waals surface area contributed by atoms with Gasteiger partial charge in [-0.3, -0.25) is 0 Å². The number of rotatable bonds is 3. The molecule has 0 spiro atoms. The minimum absolute atomic E-state index is 0.598. The summed E-state index contributed by atoms with van der Waals surface area (Å²) >= 11 is 1.76. The third kappa shape index (κ3) is 1.91.